The summed E-state index contributed by atoms with van der Waals surface area (Å²) in [6.07, 6.45) is 1.82. The molecule has 0 spiro atoms. The summed E-state index contributed by atoms with van der Waals surface area (Å²) in [6, 6.07) is 27.7. The van der Waals surface area contributed by atoms with E-state index in [4.69, 9.17) is 4.74 Å². The zero-order valence-corrected chi connectivity index (χ0v) is 14.4. The second-order valence-corrected chi connectivity index (χ2v) is 6.19. The summed E-state index contributed by atoms with van der Waals surface area (Å²) in [7, 11) is 0. The largest absolute Gasteiger partial charge is 0.438 e. The lowest BCUT2D eigenvalue weighted by molar-refractivity contribution is 0.469. The Morgan fingerprint density at radius 1 is 0.630 bits per heavy atom. The molecule has 0 atom stereocenters. The lowest BCUT2D eigenvalue weighted by atomic mass is 10.1. The second-order valence-electron chi connectivity index (χ2n) is 6.19. The predicted molar refractivity (Wildman–Crippen MR) is 107 cm³/mol. The van der Waals surface area contributed by atoms with E-state index in [2.05, 4.69) is 27.1 Å². The van der Waals surface area contributed by atoms with E-state index in [1.165, 1.54) is 0 Å². The molecule has 27 heavy (non-hydrogen) atoms. The quantitative estimate of drug-likeness (QED) is 0.423. The van der Waals surface area contributed by atoms with Gasteiger partial charge in [0, 0.05) is 23.0 Å². The van der Waals surface area contributed by atoms with Crippen LogP contribution in [-0.4, -0.2) is 15.0 Å². The fraction of sp³-hybridized carbons (Fsp3) is 0. The molecule has 3 aromatic carbocycles. The summed E-state index contributed by atoms with van der Waals surface area (Å²) in [5.74, 6) is 1.87. The van der Waals surface area contributed by atoms with Crippen LogP contribution in [0.1, 0.15) is 0 Å². The van der Waals surface area contributed by atoms with E-state index >= 15 is 0 Å². The molecule has 128 valence electrons. The molecule has 2 aromatic heterocycles. The Balaban J connectivity index is 1.53. The number of benzene rings is 3. The fourth-order valence-corrected chi connectivity index (χ4v) is 3.09. The van der Waals surface area contributed by atoms with Crippen LogP contribution in [0.4, 0.5) is 0 Å². The highest BCUT2D eigenvalue weighted by molar-refractivity contribution is 5.88. The number of ether oxygens (including phenoxy) is 1. The fourth-order valence-electron chi connectivity index (χ4n) is 3.09. The number of fused-ring (bicyclic) bond motifs is 2. The highest BCUT2D eigenvalue weighted by Gasteiger charge is 2.08. The third kappa shape index (κ3) is 2.98. The van der Waals surface area contributed by atoms with Crippen molar-refractivity contribution in [3.8, 4) is 23.1 Å². The maximum Gasteiger partial charge on any atom is 0.219 e. The normalized spacial score (nSPS) is 11.0. The van der Waals surface area contributed by atoms with Crippen molar-refractivity contribution < 1.29 is 4.74 Å². The number of aromatic nitrogens is 3. The van der Waals surface area contributed by atoms with Crippen LogP contribution in [0.25, 0.3) is 33.2 Å². The standard InChI is InChI=1S/C23H15N3O/c1-3-10-18-16(7-1)9-5-13-21(18)27-22-14-6-12-20(25-22)23-24-15-17-8-2-4-11-19(17)26-23/h1-15H. The molecule has 0 aliphatic carbocycles. The van der Waals surface area contributed by atoms with Gasteiger partial charge in [-0.1, -0.05) is 60.7 Å². The smallest absolute Gasteiger partial charge is 0.219 e. The molecule has 0 aliphatic heterocycles. The lowest BCUT2D eigenvalue weighted by Gasteiger charge is -2.09. The van der Waals surface area contributed by atoms with Crippen LogP contribution in [-0.2, 0) is 0 Å². The van der Waals surface area contributed by atoms with Gasteiger partial charge in [0.2, 0.25) is 5.88 Å². The second kappa shape index (κ2) is 6.50. The summed E-state index contributed by atoms with van der Waals surface area (Å²) < 4.78 is 6.07. The van der Waals surface area contributed by atoms with Crippen LogP contribution in [0, 0.1) is 0 Å². The molecule has 4 heteroatoms. The van der Waals surface area contributed by atoms with Gasteiger partial charge < -0.3 is 4.74 Å². The number of rotatable bonds is 3. The molecule has 5 aromatic rings. The number of para-hydroxylation sites is 1. The highest BCUT2D eigenvalue weighted by atomic mass is 16.5. The van der Waals surface area contributed by atoms with Gasteiger partial charge >= 0.3 is 0 Å². The molecule has 0 radical (unpaired) electrons. The Labute approximate surface area is 156 Å². The van der Waals surface area contributed by atoms with E-state index in [-0.39, 0.29) is 0 Å². The number of hydrogen-bond donors (Lipinski definition) is 0. The molecule has 0 bridgehead atoms. The van der Waals surface area contributed by atoms with Crippen LogP contribution >= 0.6 is 0 Å². The zero-order chi connectivity index (χ0) is 18.1. The number of hydrogen-bond acceptors (Lipinski definition) is 4. The zero-order valence-electron chi connectivity index (χ0n) is 14.4. The molecule has 0 saturated carbocycles. The minimum absolute atomic E-state index is 0.514. The van der Waals surface area contributed by atoms with E-state index in [9.17, 15) is 0 Å². The van der Waals surface area contributed by atoms with E-state index in [0.29, 0.717) is 17.4 Å². The molecule has 2 heterocycles. The monoisotopic (exact) mass is 349 g/mol. The van der Waals surface area contributed by atoms with Crippen molar-refractivity contribution in [1.29, 1.82) is 0 Å². The Bertz CT molecular complexity index is 1260. The minimum Gasteiger partial charge on any atom is -0.438 e. The Kier molecular flexibility index (Phi) is 3.72. The molecule has 0 N–H and O–H groups in total. The summed E-state index contributed by atoms with van der Waals surface area (Å²) in [4.78, 5) is 13.7. The van der Waals surface area contributed by atoms with Crippen LogP contribution in [0.5, 0.6) is 11.6 Å². The summed E-state index contributed by atoms with van der Waals surface area (Å²) in [5, 5.41) is 3.18. The van der Waals surface area contributed by atoms with Gasteiger partial charge in [-0.3, -0.25) is 0 Å². The molecule has 5 rings (SSSR count). The summed E-state index contributed by atoms with van der Waals surface area (Å²) in [5.41, 5.74) is 1.57. The van der Waals surface area contributed by atoms with Gasteiger partial charge in [0.15, 0.2) is 5.82 Å². The van der Waals surface area contributed by atoms with Crippen LogP contribution in [0.2, 0.25) is 0 Å². The molecular formula is C23H15N3O. The Morgan fingerprint density at radius 2 is 1.41 bits per heavy atom. The van der Waals surface area contributed by atoms with Gasteiger partial charge in [0.25, 0.3) is 0 Å². The first-order valence-electron chi connectivity index (χ1n) is 8.72. The van der Waals surface area contributed by atoms with E-state index in [1.54, 1.807) is 0 Å². The summed E-state index contributed by atoms with van der Waals surface area (Å²) in [6.45, 7) is 0. The lowest BCUT2D eigenvalue weighted by Crippen LogP contribution is -1.95. The average Bonchev–Trinajstić information content (AvgIpc) is 2.74. The third-order valence-corrected chi connectivity index (χ3v) is 4.41. The van der Waals surface area contributed by atoms with Crippen molar-refractivity contribution in [3.05, 3.63) is 91.1 Å². The first-order valence-corrected chi connectivity index (χ1v) is 8.72. The minimum atomic E-state index is 0.514. The van der Waals surface area contributed by atoms with Gasteiger partial charge in [0.1, 0.15) is 11.4 Å². The highest BCUT2D eigenvalue weighted by Crippen LogP contribution is 2.29. The molecule has 0 unspecified atom stereocenters. The predicted octanol–water partition coefficient (Wildman–Crippen LogP) is 5.64. The van der Waals surface area contributed by atoms with Gasteiger partial charge in [-0.05, 0) is 23.6 Å². The van der Waals surface area contributed by atoms with Crippen LogP contribution in [0.3, 0.4) is 0 Å². The van der Waals surface area contributed by atoms with Gasteiger partial charge in [-0.25, -0.2) is 15.0 Å². The topological polar surface area (TPSA) is 47.9 Å². The first-order chi connectivity index (χ1) is 13.4. The molecular weight excluding hydrogens is 334 g/mol. The van der Waals surface area contributed by atoms with Crippen molar-refractivity contribution in [2.24, 2.45) is 0 Å². The Hall–Kier alpha value is -3.79. The van der Waals surface area contributed by atoms with E-state index < -0.39 is 0 Å². The van der Waals surface area contributed by atoms with Crippen molar-refractivity contribution >= 4 is 21.7 Å². The van der Waals surface area contributed by atoms with E-state index in [0.717, 1.165) is 27.4 Å². The molecule has 4 nitrogen and oxygen atoms in total. The first kappa shape index (κ1) is 15.5. The van der Waals surface area contributed by atoms with Crippen molar-refractivity contribution in [1.82, 2.24) is 15.0 Å². The molecule has 0 aliphatic rings. The van der Waals surface area contributed by atoms with Crippen molar-refractivity contribution in [2.45, 2.75) is 0 Å². The van der Waals surface area contributed by atoms with Crippen LogP contribution in [0.15, 0.2) is 91.1 Å². The Morgan fingerprint density at radius 3 is 2.37 bits per heavy atom. The van der Waals surface area contributed by atoms with Crippen molar-refractivity contribution in [3.63, 3.8) is 0 Å². The number of pyridine rings is 1. The summed E-state index contributed by atoms with van der Waals surface area (Å²) >= 11 is 0. The maximum atomic E-state index is 6.07. The van der Waals surface area contributed by atoms with E-state index in [1.807, 2.05) is 79.0 Å². The SMILES string of the molecule is c1cc(Oc2cccc3ccccc23)nc(-c2ncc3ccccc3n2)c1. The average molecular weight is 349 g/mol. The van der Waals surface area contributed by atoms with Crippen LogP contribution < -0.4 is 4.74 Å². The van der Waals surface area contributed by atoms with Gasteiger partial charge in [0.05, 0.1) is 5.52 Å². The molecule has 0 amide bonds. The maximum absolute atomic E-state index is 6.07. The third-order valence-electron chi connectivity index (χ3n) is 4.41. The van der Waals surface area contributed by atoms with Crippen molar-refractivity contribution in [2.75, 3.05) is 0 Å². The molecule has 0 fully saturated rings. The molecule has 0 saturated heterocycles. The van der Waals surface area contributed by atoms with Gasteiger partial charge in [-0.2, -0.15) is 0 Å². The van der Waals surface area contributed by atoms with Gasteiger partial charge in [-0.15, -0.1) is 0 Å². The number of nitrogens with zero attached hydrogens (tertiary/aromatic N) is 3.